The maximum Gasteiger partial charge on any atom is 0.410 e. The van der Waals surface area contributed by atoms with Crippen LogP contribution in [0.3, 0.4) is 0 Å². The highest BCUT2D eigenvalue weighted by molar-refractivity contribution is 5.70. The molecule has 0 bridgehead atoms. The number of carboxylic acids is 1. The van der Waals surface area contributed by atoms with Gasteiger partial charge in [0.1, 0.15) is 11.4 Å². The molecule has 26 heavy (non-hydrogen) atoms. The normalized spacial score (nSPS) is 16.8. The number of carbonyl (C=O) groups is 2. The van der Waals surface area contributed by atoms with E-state index in [1.54, 1.807) is 17.2 Å². The number of anilines is 1. The van der Waals surface area contributed by atoms with Crippen molar-refractivity contribution in [2.75, 3.05) is 18.4 Å². The smallest absolute Gasteiger partial charge is 0.410 e. The summed E-state index contributed by atoms with van der Waals surface area (Å²) in [6, 6.07) is 3.81. The molecule has 0 aromatic carbocycles. The number of likely N-dealkylation sites (tertiary alicyclic amines) is 1. The fourth-order valence-corrected chi connectivity index (χ4v) is 3.05. The number of nitrogens with zero attached hydrogens (tertiary/aromatic N) is 2. The molecule has 0 aliphatic carbocycles. The summed E-state index contributed by atoms with van der Waals surface area (Å²) < 4.78 is 5.43. The molecule has 0 radical (unpaired) electrons. The second-order valence-corrected chi connectivity index (χ2v) is 7.86. The first-order chi connectivity index (χ1) is 12.1. The molecular formula is C19H29N3O4. The van der Waals surface area contributed by atoms with Gasteiger partial charge in [-0.05, 0) is 58.1 Å². The second kappa shape index (κ2) is 8.38. The van der Waals surface area contributed by atoms with Gasteiger partial charge < -0.3 is 20.1 Å². The van der Waals surface area contributed by atoms with Crippen molar-refractivity contribution in [3.05, 3.63) is 23.9 Å². The molecule has 2 N–H and O–H groups in total. The van der Waals surface area contributed by atoms with Crippen LogP contribution in [0.15, 0.2) is 18.3 Å². The topological polar surface area (TPSA) is 91.8 Å². The maximum atomic E-state index is 12.1. The predicted molar refractivity (Wildman–Crippen MR) is 99.2 cm³/mol. The molecule has 1 aromatic rings. The molecule has 2 rings (SSSR count). The van der Waals surface area contributed by atoms with Gasteiger partial charge in [-0.15, -0.1) is 0 Å². The first-order valence-electron chi connectivity index (χ1n) is 9.05. The lowest BCUT2D eigenvalue weighted by Crippen LogP contribution is -2.44. The van der Waals surface area contributed by atoms with Crippen molar-refractivity contribution < 1.29 is 19.4 Å². The first-order valence-corrected chi connectivity index (χ1v) is 9.05. The van der Waals surface area contributed by atoms with E-state index < -0.39 is 11.6 Å². The Balaban J connectivity index is 1.81. The standard InChI is InChI=1S/C19H29N3O4/c1-13(21-16-6-5-14(12-20-16)11-17(23)24)15-7-9-22(10-8-15)18(25)26-19(2,3)4/h5-6,12-13,15H,7-11H2,1-4H3,(H,20,21)(H,23,24). The van der Waals surface area contributed by atoms with E-state index in [4.69, 9.17) is 9.84 Å². The predicted octanol–water partition coefficient (Wildman–Crippen LogP) is 3.16. The number of aromatic nitrogens is 1. The fourth-order valence-electron chi connectivity index (χ4n) is 3.05. The number of piperidine rings is 1. The van der Waals surface area contributed by atoms with Crippen LogP contribution in [0.4, 0.5) is 10.6 Å². The van der Waals surface area contributed by atoms with Crippen LogP contribution < -0.4 is 5.32 Å². The lowest BCUT2D eigenvalue weighted by molar-refractivity contribution is -0.136. The van der Waals surface area contributed by atoms with Crippen LogP contribution in [-0.4, -0.2) is 51.8 Å². The number of amides is 1. The quantitative estimate of drug-likeness (QED) is 0.835. The number of pyridine rings is 1. The first kappa shape index (κ1) is 20.0. The highest BCUT2D eigenvalue weighted by atomic mass is 16.6. The average molecular weight is 363 g/mol. The molecule has 1 amide bonds. The number of hydrogen-bond acceptors (Lipinski definition) is 5. The molecule has 144 valence electrons. The van der Waals surface area contributed by atoms with Crippen LogP contribution in [0.1, 0.15) is 46.1 Å². The zero-order valence-electron chi connectivity index (χ0n) is 16.0. The van der Waals surface area contributed by atoms with Gasteiger partial charge in [0, 0.05) is 25.3 Å². The van der Waals surface area contributed by atoms with E-state index in [-0.39, 0.29) is 18.6 Å². The number of nitrogens with one attached hydrogen (secondary N) is 1. The molecule has 0 saturated carbocycles. The van der Waals surface area contributed by atoms with Crippen LogP contribution in [0, 0.1) is 5.92 Å². The van der Waals surface area contributed by atoms with Crippen molar-refractivity contribution in [1.82, 2.24) is 9.88 Å². The van der Waals surface area contributed by atoms with Crippen molar-refractivity contribution in [2.45, 2.75) is 58.6 Å². The van der Waals surface area contributed by atoms with Gasteiger partial charge in [0.15, 0.2) is 0 Å². The maximum absolute atomic E-state index is 12.1. The lowest BCUT2D eigenvalue weighted by Gasteiger charge is -2.36. The van der Waals surface area contributed by atoms with Gasteiger partial charge in [-0.3, -0.25) is 4.79 Å². The molecule has 7 nitrogen and oxygen atoms in total. The van der Waals surface area contributed by atoms with Crippen molar-refractivity contribution >= 4 is 17.9 Å². The highest BCUT2D eigenvalue weighted by Gasteiger charge is 2.29. The van der Waals surface area contributed by atoms with Crippen LogP contribution in [-0.2, 0) is 16.0 Å². The summed E-state index contributed by atoms with van der Waals surface area (Å²) in [5.74, 6) is 0.313. The Morgan fingerprint density at radius 2 is 2.00 bits per heavy atom. The summed E-state index contributed by atoms with van der Waals surface area (Å²) in [5, 5.41) is 12.2. The minimum atomic E-state index is -0.863. The molecule has 1 unspecified atom stereocenters. The third-order valence-corrected chi connectivity index (χ3v) is 4.45. The van der Waals surface area contributed by atoms with E-state index in [1.165, 1.54) is 0 Å². The van der Waals surface area contributed by atoms with Gasteiger partial charge in [0.05, 0.1) is 6.42 Å². The molecule has 1 aromatic heterocycles. The third kappa shape index (κ3) is 6.20. The summed E-state index contributed by atoms with van der Waals surface area (Å²) in [4.78, 5) is 28.9. The number of carbonyl (C=O) groups excluding carboxylic acids is 1. The van der Waals surface area contributed by atoms with E-state index in [0.29, 0.717) is 24.6 Å². The Hall–Kier alpha value is -2.31. The zero-order chi connectivity index (χ0) is 19.3. The molecule has 1 aliphatic heterocycles. The number of aliphatic carboxylic acids is 1. The molecular weight excluding hydrogens is 334 g/mol. The van der Waals surface area contributed by atoms with Gasteiger partial charge in [-0.25, -0.2) is 9.78 Å². The molecule has 1 atom stereocenters. The lowest BCUT2D eigenvalue weighted by atomic mass is 9.90. The van der Waals surface area contributed by atoms with Crippen LogP contribution in [0.25, 0.3) is 0 Å². The Kier molecular flexibility index (Phi) is 6.45. The van der Waals surface area contributed by atoms with E-state index in [1.807, 2.05) is 26.8 Å². The van der Waals surface area contributed by atoms with E-state index >= 15 is 0 Å². The monoisotopic (exact) mass is 363 g/mol. The number of hydrogen-bond donors (Lipinski definition) is 2. The van der Waals surface area contributed by atoms with Gasteiger partial charge in [0.25, 0.3) is 0 Å². The summed E-state index contributed by atoms with van der Waals surface area (Å²) >= 11 is 0. The molecule has 0 spiro atoms. The van der Waals surface area contributed by atoms with Crippen molar-refractivity contribution in [3.63, 3.8) is 0 Å². The third-order valence-electron chi connectivity index (χ3n) is 4.45. The van der Waals surface area contributed by atoms with Crippen LogP contribution in [0.2, 0.25) is 0 Å². The Labute approximate surface area is 154 Å². The van der Waals surface area contributed by atoms with Gasteiger partial charge in [0.2, 0.25) is 0 Å². The van der Waals surface area contributed by atoms with Gasteiger partial charge >= 0.3 is 12.1 Å². The Morgan fingerprint density at radius 1 is 1.35 bits per heavy atom. The van der Waals surface area contributed by atoms with Crippen LogP contribution in [0.5, 0.6) is 0 Å². The molecule has 1 aliphatic rings. The number of rotatable bonds is 5. The fraction of sp³-hybridized carbons (Fsp3) is 0.632. The molecule has 7 heteroatoms. The van der Waals surface area contributed by atoms with Crippen molar-refractivity contribution in [1.29, 1.82) is 0 Å². The zero-order valence-corrected chi connectivity index (χ0v) is 16.0. The Bertz CT molecular complexity index is 617. The Morgan fingerprint density at radius 3 is 2.50 bits per heavy atom. The highest BCUT2D eigenvalue weighted by Crippen LogP contribution is 2.24. The van der Waals surface area contributed by atoms with Crippen molar-refractivity contribution in [3.8, 4) is 0 Å². The van der Waals surface area contributed by atoms with Gasteiger partial charge in [-0.2, -0.15) is 0 Å². The SMILES string of the molecule is CC(Nc1ccc(CC(=O)O)cn1)C1CCN(C(=O)OC(C)(C)C)CC1. The van der Waals surface area contributed by atoms with E-state index in [2.05, 4.69) is 17.2 Å². The second-order valence-electron chi connectivity index (χ2n) is 7.86. The largest absolute Gasteiger partial charge is 0.481 e. The van der Waals surface area contributed by atoms with E-state index in [9.17, 15) is 9.59 Å². The molecule has 1 fully saturated rings. The summed E-state index contributed by atoms with van der Waals surface area (Å²) in [7, 11) is 0. The molecule has 1 saturated heterocycles. The summed E-state index contributed by atoms with van der Waals surface area (Å²) in [6.07, 6.45) is 3.14. The number of ether oxygens (including phenoxy) is 1. The summed E-state index contributed by atoms with van der Waals surface area (Å²) in [5.41, 5.74) is 0.211. The van der Waals surface area contributed by atoms with Crippen LogP contribution >= 0.6 is 0 Å². The minimum Gasteiger partial charge on any atom is -0.481 e. The van der Waals surface area contributed by atoms with Crippen molar-refractivity contribution in [2.24, 2.45) is 5.92 Å². The molecule has 2 heterocycles. The summed E-state index contributed by atoms with van der Waals surface area (Å²) in [6.45, 7) is 9.11. The number of carboxylic acid groups (broad SMARTS) is 1. The van der Waals surface area contributed by atoms with E-state index in [0.717, 1.165) is 18.7 Å². The van der Waals surface area contributed by atoms with Gasteiger partial charge in [-0.1, -0.05) is 6.07 Å². The average Bonchev–Trinajstić information content (AvgIpc) is 2.55. The minimum absolute atomic E-state index is 0.0219.